The molecule has 3 nitrogen and oxygen atoms in total. The standard InChI is InChI=1S/C15H23NO2/c1-2-8-16-14(10-17)11-18-15-7-6-12-4-3-5-13(12)9-15/h6-7,9,14,16-17H,2-5,8,10-11H2,1H3. The molecule has 0 spiro atoms. The molecule has 0 saturated carbocycles. The monoisotopic (exact) mass is 249 g/mol. The lowest BCUT2D eigenvalue weighted by atomic mass is 10.1. The number of aliphatic hydroxyl groups is 1. The van der Waals surface area contributed by atoms with Crippen LogP contribution in [0.25, 0.3) is 0 Å². The topological polar surface area (TPSA) is 41.5 Å². The van der Waals surface area contributed by atoms with Crippen molar-refractivity contribution in [2.24, 2.45) is 0 Å². The Labute approximate surface area is 109 Å². The van der Waals surface area contributed by atoms with Gasteiger partial charge in [-0.15, -0.1) is 0 Å². The number of aliphatic hydroxyl groups excluding tert-OH is 1. The van der Waals surface area contributed by atoms with Gasteiger partial charge in [-0.05, 0) is 55.5 Å². The SMILES string of the molecule is CCCNC(CO)COc1ccc2c(c1)CCC2. The predicted molar refractivity (Wildman–Crippen MR) is 73.1 cm³/mol. The maximum absolute atomic E-state index is 9.24. The van der Waals surface area contributed by atoms with Crippen LogP contribution in [0.2, 0.25) is 0 Å². The van der Waals surface area contributed by atoms with Crippen LogP contribution in [-0.2, 0) is 12.8 Å². The van der Waals surface area contributed by atoms with Gasteiger partial charge in [-0.25, -0.2) is 0 Å². The Morgan fingerprint density at radius 2 is 2.17 bits per heavy atom. The molecule has 3 heteroatoms. The zero-order chi connectivity index (χ0) is 12.8. The first kappa shape index (κ1) is 13.4. The van der Waals surface area contributed by atoms with Crippen LogP contribution < -0.4 is 10.1 Å². The van der Waals surface area contributed by atoms with E-state index in [1.165, 1.54) is 30.4 Å². The van der Waals surface area contributed by atoms with Crippen molar-refractivity contribution in [1.82, 2.24) is 5.32 Å². The Kier molecular flexibility index (Phi) is 5.02. The quantitative estimate of drug-likeness (QED) is 0.775. The summed E-state index contributed by atoms with van der Waals surface area (Å²) in [6.07, 6.45) is 4.70. The maximum atomic E-state index is 9.24. The number of hydrogen-bond acceptors (Lipinski definition) is 3. The van der Waals surface area contributed by atoms with Crippen molar-refractivity contribution in [3.05, 3.63) is 29.3 Å². The molecule has 0 bridgehead atoms. The Morgan fingerprint density at radius 1 is 1.33 bits per heavy atom. The summed E-state index contributed by atoms with van der Waals surface area (Å²) < 4.78 is 5.76. The van der Waals surface area contributed by atoms with Crippen LogP contribution in [0.3, 0.4) is 0 Å². The molecular weight excluding hydrogens is 226 g/mol. The third-order valence-corrected chi connectivity index (χ3v) is 3.42. The maximum Gasteiger partial charge on any atom is 0.119 e. The van der Waals surface area contributed by atoms with E-state index in [-0.39, 0.29) is 12.6 Å². The van der Waals surface area contributed by atoms with Gasteiger partial charge in [0.25, 0.3) is 0 Å². The zero-order valence-corrected chi connectivity index (χ0v) is 11.1. The molecule has 0 amide bonds. The number of fused-ring (bicyclic) bond motifs is 1. The first-order valence-corrected chi connectivity index (χ1v) is 6.92. The molecular formula is C15H23NO2. The highest BCUT2D eigenvalue weighted by Crippen LogP contribution is 2.25. The Bertz CT molecular complexity index is 379. The summed E-state index contributed by atoms with van der Waals surface area (Å²) in [6.45, 7) is 3.67. The molecule has 1 aliphatic carbocycles. The predicted octanol–water partition coefficient (Wildman–Crippen LogP) is 1.91. The van der Waals surface area contributed by atoms with Gasteiger partial charge < -0.3 is 15.2 Å². The van der Waals surface area contributed by atoms with Gasteiger partial charge in [-0.2, -0.15) is 0 Å². The van der Waals surface area contributed by atoms with E-state index in [9.17, 15) is 5.11 Å². The lowest BCUT2D eigenvalue weighted by molar-refractivity contribution is 0.183. The summed E-state index contributed by atoms with van der Waals surface area (Å²) in [5.74, 6) is 0.924. The Hall–Kier alpha value is -1.06. The number of benzene rings is 1. The van der Waals surface area contributed by atoms with Crippen LogP contribution in [0, 0.1) is 0 Å². The average molecular weight is 249 g/mol. The molecule has 1 unspecified atom stereocenters. The molecule has 1 atom stereocenters. The van der Waals surface area contributed by atoms with Crippen LogP contribution in [0.1, 0.15) is 30.9 Å². The van der Waals surface area contributed by atoms with Gasteiger partial charge in [0.1, 0.15) is 12.4 Å². The Balaban J connectivity index is 1.85. The highest BCUT2D eigenvalue weighted by Gasteiger charge is 2.12. The highest BCUT2D eigenvalue weighted by atomic mass is 16.5. The summed E-state index contributed by atoms with van der Waals surface area (Å²) in [4.78, 5) is 0. The van der Waals surface area contributed by atoms with Crippen molar-refractivity contribution in [3.8, 4) is 5.75 Å². The molecule has 0 radical (unpaired) electrons. The van der Waals surface area contributed by atoms with E-state index in [2.05, 4.69) is 24.4 Å². The highest BCUT2D eigenvalue weighted by molar-refractivity contribution is 5.38. The Morgan fingerprint density at radius 3 is 2.94 bits per heavy atom. The second-order valence-electron chi connectivity index (χ2n) is 4.93. The van der Waals surface area contributed by atoms with E-state index in [0.717, 1.165) is 18.7 Å². The molecule has 0 fully saturated rings. The third kappa shape index (κ3) is 3.47. The summed E-state index contributed by atoms with van der Waals surface area (Å²) in [5, 5.41) is 12.5. The lowest BCUT2D eigenvalue weighted by Crippen LogP contribution is -2.38. The van der Waals surface area contributed by atoms with Gasteiger partial charge >= 0.3 is 0 Å². The molecule has 100 valence electrons. The smallest absolute Gasteiger partial charge is 0.119 e. The minimum absolute atomic E-state index is 0.0261. The molecule has 18 heavy (non-hydrogen) atoms. The van der Waals surface area contributed by atoms with Gasteiger partial charge in [-0.1, -0.05) is 13.0 Å². The third-order valence-electron chi connectivity index (χ3n) is 3.42. The summed E-state index contributed by atoms with van der Waals surface area (Å²) >= 11 is 0. The van der Waals surface area contributed by atoms with Crippen LogP contribution >= 0.6 is 0 Å². The van der Waals surface area contributed by atoms with E-state index >= 15 is 0 Å². The first-order chi connectivity index (χ1) is 8.83. The molecule has 1 aromatic carbocycles. The number of hydrogen-bond donors (Lipinski definition) is 2. The van der Waals surface area contributed by atoms with Crippen molar-refractivity contribution in [3.63, 3.8) is 0 Å². The number of rotatable bonds is 7. The number of nitrogens with one attached hydrogen (secondary N) is 1. The van der Waals surface area contributed by atoms with Crippen molar-refractivity contribution < 1.29 is 9.84 Å². The molecule has 0 aromatic heterocycles. The fourth-order valence-corrected chi connectivity index (χ4v) is 2.36. The first-order valence-electron chi connectivity index (χ1n) is 6.92. The normalized spacial score (nSPS) is 15.4. The van der Waals surface area contributed by atoms with Gasteiger partial charge in [-0.3, -0.25) is 0 Å². The van der Waals surface area contributed by atoms with Gasteiger partial charge in [0.05, 0.1) is 12.6 Å². The van der Waals surface area contributed by atoms with E-state index in [1.807, 2.05) is 6.07 Å². The minimum atomic E-state index is 0.0261. The van der Waals surface area contributed by atoms with E-state index in [1.54, 1.807) is 0 Å². The fourth-order valence-electron chi connectivity index (χ4n) is 2.36. The second kappa shape index (κ2) is 6.76. The zero-order valence-electron chi connectivity index (χ0n) is 11.1. The molecule has 0 saturated heterocycles. The van der Waals surface area contributed by atoms with Crippen molar-refractivity contribution in [2.45, 2.75) is 38.6 Å². The molecule has 0 aliphatic heterocycles. The number of ether oxygens (including phenoxy) is 1. The largest absolute Gasteiger partial charge is 0.492 e. The second-order valence-corrected chi connectivity index (χ2v) is 4.93. The number of aryl methyl sites for hydroxylation is 2. The van der Waals surface area contributed by atoms with Crippen LogP contribution in [0.15, 0.2) is 18.2 Å². The molecule has 2 N–H and O–H groups in total. The summed E-state index contributed by atoms with van der Waals surface area (Å²) in [7, 11) is 0. The van der Waals surface area contributed by atoms with Crippen molar-refractivity contribution in [2.75, 3.05) is 19.8 Å². The van der Waals surface area contributed by atoms with Crippen molar-refractivity contribution in [1.29, 1.82) is 0 Å². The summed E-state index contributed by atoms with van der Waals surface area (Å²) in [6, 6.07) is 6.39. The lowest BCUT2D eigenvalue weighted by Gasteiger charge is -2.17. The molecule has 1 aromatic rings. The van der Waals surface area contributed by atoms with E-state index in [4.69, 9.17) is 4.74 Å². The van der Waals surface area contributed by atoms with Crippen LogP contribution in [-0.4, -0.2) is 30.9 Å². The molecule has 0 heterocycles. The van der Waals surface area contributed by atoms with E-state index < -0.39 is 0 Å². The van der Waals surface area contributed by atoms with Crippen LogP contribution in [0.5, 0.6) is 5.75 Å². The molecule has 2 rings (SSSR count). The van der Waals surface area contributed by atoms with Crippen LogP contribution in [0.4, 0.5) is 0 Å². The van der Waals surface area contributed by atoms with E-state index in [0.29, 0.717) is 6.61 Å². The van der Waals surface area contributed by atoms with Crippen molar-refractivity contribution >= 4 is 0 Å². The van der Waals surface area contributed by atoms with Gasteiger partial charge in [0.15, 0.2) is 0 Å². The minimum Gasteiger partial charge on any atom is -0.492 e. The fraction of sp³-hybridized carbons (Fsp3) is 0.600. The van der Waals surface area contributed by atoms with Gasteiger partial charge in [0, 0.05) is 0 Å². The van der Waals surface area contributed by atoms with Gasteiger partial charge in [0.2, 0.25) is 0 Å². The molecule has 1 aliphatic rings. The summed E-state index contributed by atoms with van der Waals surface area (Å²) in [5.41, 5.74) is 2.89. The average Bonchev–Trinajstić information content (AvgIpc) is 2.86.